The molecule has 0 saturated heterocycles. The van der Waals surface area contributed by atoms with Crippen LogP contribution in [0.5, 0.6) is 0 Å². The molecule has 0 atom stereocenters. The van der Waals surface area contributed by atoms with Crippen molar-refractivity contribution in [3.8, 4) is 0 Å². The lowest BCUT2D eigenvalue weighted by atomic mass is 9.97. The minimum absolute atomic E-state index is 0.0394. The summed E-state index contributed by atoms with van der Waals surface area (Å²) in [4.78, 5) is 4.12. The van der Waals surface area contributed by atoms with Crippen LogP contribution in [0.3, 0.4) is 0 Å². The maximum atomic E-state index is 5.88. The molecule has 0 amide bonds. The fraction of sp³-hybridized carbons (Fsp3) is 0.333. The van der Waals surface area contributed by atoms with Crippen molar-refractivity contribution in [2.75, 3.05) is 0 Å². The lowest BCUT2D eigenvalue weighted by Gasteiger charge is -2.37. The van der Waals surface area contributed by atoms with Crippen molar-refractivity contribution in [2.24, 2.45) is 0 Å². The van der Waals surface area contributed by atoms with Gasteiger partial charge in [0.2, 0.25) is 0 Å². The molecule has 0 bridgehead atoms. The highest BCUT2D eigenvalue weighted by Gasteiger charge is 2.46. The van der Waals surface area contributed by atoms with E-state index in [9.17, 15) is 0 Å². The summed E-state index contributed by atoms with van der Waals surface area (Å²) in [5.74, 6) is 0. The minimum Gasteiger partial charge on any atom is -0.120 e. The molecule has 3 aromatic rings. The second-order valence-electron chi connectivity index (χ2n) is 8.41. The molecule has 0 heterocycles. The summed E-state index contributed by atoms with van der Waals surface area (Å²) in [6.45, 7) is 6.42. The third-order valence-electron chi connectivity index (χ3n) is 5.60. The molecule has 34 heavy (non-hydrogen) atoms. The van der Waals surface area contributed by atoms with Crippen molar-refractivity contribution in [1.29, 1.82) is 0 Å². The lowest BCUT2D eigenvalue weighted by Crippen LogP contribution is -2.52. The number of aryl methyl sites for hydroxylation is 3. The van der Waals surface area contributed by atoms with Crippen LogP contribution in [0.25, 0.3) is 0 Å². The third-order valence-corrected chi connectivity index (χ3v) is 11.9. The van der Waals surface area contributed by atoms with Gasteiger partial charge in [-0.25, -0.2) is 0 Å². The second-order valence-corrected chi connectivity index (χ2v) is 13.5. The zero-order valence-corrected chi connectivity index (χ0v) is 24.4. The van der Waals surface area contributed by atoms with Crippen molar-refractivity contribution in [3.05, 3.63) is 89.5 Å². The van der Waals surface area contributed by atoms with E-state index in [1.54, 1.807) is 0 Å². The van der Waals surface area contributed by atoms with Crippen molar-refractivity contribution in [1.82, 2.24) is 0 Å². The Morgan fingerprint density at radius 3 is 0.735 bits per heavy atom. The topological polar surface area (TPSA) is 0 Å². The Morgan fingerprint density at radius 2 is 0.559 bits per heavy atom. The zero-order valence-electron chi connectivity index (χ0n) is 19.1. The van der Waals surface area contributed by atoms with Gasteiger partial charge in [0, 0.05) is 0 Å². The van der Waals surface area contributed by atoms with Gasteiger partial charge < -0.3 is 0 Å². The minimum atomic E-state index is -0.437. The predicted octanol–water partition coefficient (Wildman–Crippen LogP) is 9.35. The maximum Gasteiger partial charge on any atom is 0.166 e. The Hall–Kier alpha value is -0.250. The first kappa shape index (κ1) is 28.3. The van der Waals surface area contributed by atoms with E-state index in [2.05, 4.69) is 93.6 Å². The standard InChI is InChI=1S/C21H21S.C6H6Cl6/c1-16-4-10-19(11-5-16)22(20-12-6-17(2)7-13-20)21-14-8-18(3)9-15-21;7-1-2(8)4(10)6(12)5(11)3(1)9/h4-15H,1-3H3;1-6H/q+1;. The van der Waals surface area contributed by atoms with Gasteiger partial charge in [-0.05, 0) is 57.2 Å². The van der Waals surface area contributed by atoms with E-state index < -0.39 is 32.3 Å². The Morgan fingerprint density at radius 1 is 0.382 bits per heavy atom. The van der Waals surface area contributed by atoms with E-state index in [1.807, 2.05) is 0 Å². The molecule has 1 aliphatic carbocycles. The van der Waals surface area contributed by atoms with Gasteiger partial charge >= 0.3 is 0 Å². The summed E-state index contributed by atoms with van der Waals surface area (Å²) in [5, 5.41) is -2.62. The highest BCUT2D eigenvalue weighted by atomic mass is 35.5. The van der Waals surface area contributed by atoms with E-state index in [1.165, 1.54) is 31.4 Å². The molecule has 0 radical (unpaired) electrons. The number of benzene rings is 3. The smallest absolute Gasteiger partial charge is 0.120 e. The largest absolute Gasteiger partial charge is 0.166 e. The maximum absolute atomic E-state index is 5.88. The van der Waals surface area contributed by atoms with Crippen LogP contribution >= 0.6 is 69.6 Å². The van der Waals surface area contributed by atoms with Gasteiger partial charge in [-0.2, -0.15) is 0 Å². The zero-order chi connectivity index (χ0) is 25.0. The lowest BCUT2D eigenvalue weighted by molar-refractivity contribution is 0.544. The Bertz CT molecular complexity index is 872. The van der Waals surface area contributed by atoms with Crippen LogP contribution in [-0.4, -0.2) is 32.3 Å². The van der Waals surface area contributed by atoms with Gasteiger partial charge in [-0.3, -0.25) is 0 Å². The number of rotatable bonds is 3. The van der Waals surface area contributed by atoms with Crippen LogP contribution in [-0.2, 0) is 10.9 Å². The first-order valence-electron chi connectivity index (χ1n) is 10.9. The van der Waals surface area contributed by atoms with Gasteiger partial charge in [0.1, 0.15) is 0 Å². The van der Waals surface area contributed by atoms with E-state index in [0.29, 0.717) is 0 Å². The first-order valence-corrected chi connectivity index (χ1v) is 14.7. The van der Waals surface area contributed by atoms with Crippen LogP contribution in [0.15, 0.2) is 87.5 Å². The summed E-state index contributed by atoms with van der Waals surface area (Å²) in [6, 6.07) is 26.8. The molecule has 1 saturated carbocycles. The molecule has 7 heteroatoms. The summed E-state index contributed by atoms with van der Waals surface area (Å²) in [6.07, 6.45) is 0. The van der Waals surface area contributed by atoms with Crippen LogP contribution in [0.4, 0.5) is 0 Å². The molecule has 0 N–H and O–H groups in total. The Balaban J connectivity index is 0.000000229. The molecule has 1 fully saturated rings. The van der Waals surface area contributed by atoms with Crippen molar-refractivity contribution >= 4 is 80.5 Å². The molecule has 4 rings (SSSR count). The molecule has 3 aromatic carbocycles. The van der Waals surface area contributed by atoms with Crippen LogP contribution in [0.1, 0.15) is 16.7 Å². The van der Waals surface area contributed by atoms with E-state index in [0.717, 1.165) is 0 Å². The van der Waals surface area contributed by atoms with Gasteiger partial charge in [0.25, 0.3) is 0 Å². The predicted molar refractivity (Wildman–Crippen MR) is 154 cm³/mol. The molecule has 0 aromatic heterocycles. The van der Waals surface area contributed by atoms with Gasteiger partial charge in [-0.1, -0.05) is 53.1 Å². The Labute approximate surface area is 236 Å². The highest BCUT2D eigenvalue weighted by Crippen LogP contribution is 2.39. The molecule has 182 valence electrons. The number of halogens is 6. The van der Waals surface area contributed by atoms with Crippen LogP contribution in [0, 0.1) is 20.8 Å². The van der Waals surface area contributed by atoms with Crippen LogP contribution in [0.2, 0.25) is 0 Å². The molecular formula is C27H27Cl6S+. The third kappa shape index (κ3) is 6.94. The van der Waals surface area contributed by atoms with Crippen molar-refractivity contribution in [3.63, 3.8) is 0 Å². The molecule has 0 aliphatic heterocycles. The van der Waals surface area contributed by atoms with Crippen molar-refractivity contribution < 1.29 is 0 Å². The van der Waals surface area contributed by atoms with Gasteiger partial charge in [0.05, 0.1) is 43.2 Å². The molecular weight excluding hydrogens is 569 g/mol. The van der Waals surface area contributed by atoms with E-state index in [-0.39, 0.29) is 10.9 Å². The average molecular weight is 596 g/mol. The fourth-order valence-corrected chi connectivity index (χ4v) is 7.85. The monoisotopic (exact) mass is 593 g/mol. The summed E-state index contributed by atoms with van der Waals surface area (Å²) in [5.41, 5.74) is 3.92. The Kier molecular flexibility index (Phi) is 10.7. The summed E-state index contributed by atoms with van der Waals surface area (Å²) >= 11 is 35.3. The first-order chi connectivity index (χ1) is 16.1. The molecule has 1 aliphatic rings. The van der Waals surface area contributed by atoms with E-state index >= 15 is 0 Å². The van der Waals surface area contributed by atoms with Gasteiger partial charge in [0.15, 0.2) is 14.7 Å². The van der Waals surface area contributed by atoms with E-state index in [4.69, 9.17) is 69.6 Å². The average Bonchev–Trinajstić information content (AvgIpc) is 2.84. The molecule has 0 nitrogen and oxygen atoms in total. The number of alkyl halides is 6. The SMILES string of the molecule is Cc1ccc([S+](c2ccc(C)cc2)c2ccc(C)cc2)cc1.ClC1C(Cl)C(Cl)C(Cl)C(Cl)C1Cl. The highest BCUT2D eigenvalue weighted by molar-refractivity contribution is 7.97. The molecule has 0 spiro atoms. The summed E-state index contributed by atoms with van der Waals surface area (Å²) in [7, 11) is -0.0394. The van der Waals surface area contributed by atoms with Crippen LogP contribution < -0.4 is 0 Å². The summed E-state index contributed by atoms with van der Waals surface area (Å²) < 4.78 is 0. The van der Waals surface area contributed by atoms with Crippen molar-refractivity contribution in [2.45, 2.75) is 67.7 Å². The normalized spacial score (nSPS) is 26.6. The second kappa shape index (κ2) is 12.8. The quantitative estimate of drug-likeness (QED) is 0.209. The molecule has 0 unspecified atom stereocenters. The number of hydrogen-bond donors (Lipinski definition) is 0. The number of hydrogen-bond acceptors (Lipinski definition) is 0. The van der Waals surface area contributed by atoms with Gasteiger partial charge in [-0.15, -0.1) is 69.6 Å². The fourth-order valence-electron chi connectivity index (χ4n) is 3.49.